The standard InChI is InChI=1S/C12H20N2/c1-3-8-14(9-7-13)12-6-4-5-11(2)10-12/h4-6,10H,3,7-9,13H2,1-2H3. The summed E-state index contributed by atoms with van der Waals surface area (Å²) in [5.41, 5.74) is 8.19. The van der Waals surface area contributed by atoms with Crippen LogP contribution in [0.3, 0.4) is 0 Å². The van der Waals surface area contributed by atoms with Gasteiger partial charge in [-0.2, -0.15) is 0 Å². The van der Waals surface area contributed by atoms with E-state index in [0.29, 0.717) is 6.54 Å². The number of rotatable bonds is 5. The molecule has 0 spiro atoms. The normalized spacial score (nSPS) is 10.2. The van der Waals surface area contributed by atoms with Crippen LogP contribution in [0.2, 0.25) is 0 Å². The second-order valence-electron chi connectivity index (χ2n) is 3.61. The van der Waals surface area contributed by atoms with Gasteiger partial charge in [0.05, 0.1) is 0 Å². The molecule has 0 saturated heterocycles. The predicted molar refractivity (Wildman–Crippen MR) is 62.7 cm³/mol. The Bertz CT molecular complexity index is 265. The van der Waals surface area contributed by atoms with Crippen molar-refractivity contribution in [2.75, 3.05) is 24.5 Å². The van der Waals surface area contributed by atoms with Gasteiger partial charge in [0, 0.05) is 25.3 Å². The molecule has 0 aliphatic heterocycles. The van der Waals surface area contributed by atoms with Crippen molar-refractivity contribution in [3.8, 4) is 0 Å². The van der Waals surface area contributed by atoms with Crippen molar-refractivity contribution in [2.24, 2.45) is 5.73 Å². The van der Waals surface area contributed by atoms with Crippen molar-refractivity contribution in [1.29, 1.82) is 0 Å². The fourth-order valence-electron chi connectivity index (χ4n) is 1.62. The summed E-state index contributed by atoms with van der Waals surface area (Å²) in [5, 5.41) is 0. The summed E-state index contributed by atoms with van der Waals surface area (Å²) in [6, 6.07) is 8.59. The second kappa shape index (κ2) is 5.66. The zero-order valence-corrected chi connectivity index (χ0v) is 9.16. The zero-order chi connectivity index (χ0) is 10.4. The predicted octanol–water partition coefficient (Wildman–Crippen LogP) is 2.17. The van der Waals surface area contributed by atoms with Crippen molar-refractivity contribution in [1.82, 2.24) is 0 Å². The van der Waals surface area contributed by atoms with Gasteiger partial charge < -0.3 is 10.6 Å². The molecular formula is C12H20N2. The molecular weight excluding hydrogens is 172 g/mol. The van der Waals surface area contributed by atoms with Gasteiger partial charge in [-0.3, -0.25) is 0 Å². The number of anilines is 1. The first-order valence-corrected chi connectivity index (χ1v) is 5.29. The molecule has 1 aromatic carbocycles. The topological polar surface area (TPSA) is 29.3 Å². The molecule has 0 aliphatic carbocycles. The molecule has 0 amide bonds. The first-order valence-electron chi connectivity index (χ1n) is 5.29. The van der Waals surface area contributed by atoms with Crippen LogP contribution in [0.4, 0.5) is 5.69 Å². The van der Waals surface area contributed by atoms with E-state index in [2.05, 4.69) is 43.0 Å². The molecule has 78 valence electrons. The highest BCUT2D eigenvalue weighted by Gasteiger charge is 2.03. The van der Waals surface area contributed by atoms with Crippen LogP contribution in [0.5, 0.6) is 0 Å². The third kappa shape index (κ3) is 3.04. The van der Waals surface area contributed by atoms with Gasteiger partial charge in [0.2, 0.25) is 0 Å². The maximum atomic E-state index is 5.59. The van der Waals surface area contributed by atoms with Gasteiger partial charge >= 0.3 is 0 Å². The van der Waals surface area contributed by atoms with Crippen LogP contribution in [0.15, 0.2) is 24.3 Å². The van der Waals surface area contributed by atoms with Crippen LogP contribution in [-0.2, 0) is 0 Å². The third-order valence-corrected chi connectivity index (χ3v) is 2.26. The lowest BCUT2D eigenvalue weighted by molar-refractivity contribution is 0.762. The van der Waals surface area contributed by atoms with E-state index in [-0.39, 0.29) is 0 Å². The molecule has 2 heteroatoms. The molecule has 0 unspecified atom stereocenters. The summed E-state index contributed by atoms with van der Waals surface area (Å²) in [5.74, 6) is 0. The number of hydrogen-bond donors (Lipinski definition) is 1. The molecule has 0 atom stereocenters. The molecule has 14 heavy (non-hydrogen) atoms. The minimum Gasteiger partial charge on any atom is -0.370 e. The molecule has 0 bridgehead atoms. The summed E-state index contributed by atoms with van der Waals surface area (Å²) in [6.45, 7) is 7.06. The fraction of sp³-hybridized carbons (Fsp3) is 0.500. The molecule has 0 saturated carbocycles. The Morgan fingerprint density at radius 2 is 2.07 bits per heavy atom. The maximum Gasteiger partial charge on any atom is 0.0369 e. The van der Waals surface area contributed by atoms with Gasteiger partial charge in [0.1, 0.15) is 0 Å². The van der Waals surface area contributed by atoms with E-state index in [1.165, 1.54) is 11.3 Å². The Hall–Kier alpha value is -1.02. The van der Waals surface area contributed by atoms with E-state index in [9.17, 15) is 0 Å². The molecule has 1 rings (SSSR count). The first-order chi connectivity index (χ1) is 6.77. The average Bonchev–Trinajstić information content (AvgIpc) is 2.17. The summed E-state index contributed by atoms with van der Waals surface area (Å²) in [6.07, 6.45) is 1.16. The number of hydrogen-bond acceptors (Lipinski definition) is 2. The van der Waals surface area contributed by atoms with Crippen LogP contribution in [-0.4, -0.2) is 19.6 Å². The summed E-state index contributed by atoms with van der Waals surface area (Å²) < 4.78 is 0. The van der Waals surface area contributed by atoms with Gasteiger partial charge in [-0.15, -0.1) is 0 Å². The smallest absolute Gasteiger partial charge is 0.0369 e. The van der Waals surface area contributed by atoms with Gasteiger partial charge in [0.15, 0.2) is 0 Å². The van der Waals surface area contributed by atoms with E-state index in [0.717, 1.165) is 19.5 Å². The molecule has 1 aromatic rings. The number of benzene rings is 1. The third-order valence-electron chi connectivity index (χ3n) is 2.26. The van der Waals surface area contributed by atoms with Crippen molar-refractivity contribution in [2.45, 2.75) is 20.3 Å². The highest BCUT2D eigenvalue weighted by molar-refractivity contribution is 5.48. The first kappa shape index (κ1) is 11.1. The van der Waals surface area contributed by atoms with Gasteiger partial charge in [-0.25, -0.2) is 0 Å². The maximum absolute atomic E-state index is 5.59. The lowest BCUT2D eigenvalue weighted by Gasteiger charge is -2.23. The Kier molecular flexibility index (Phi) is 4.47. The van der Waals surface area contributed by atoms with E-state index in [4.69, 9.17) is 5.73 Å². The molecule has 0 radical (unpaired) electrons. The molecule has 2 nitrogen and oxygen atoms in total. The highest BCUT2D eigenvalue weighted by atomic mass is 15.1. The van der Waals surface area contributed by atoms with E-state index in [1.807, 2.05) is 0 Å². The zero-order valence-electron chi connectivity index (χ0n) is 9.16. The Morgan fingerprint density at radius 3 is 2.64 bits per heavy atom. The van der Waals surface area contributed by atoms with Gasteiger partial charge in [-0.1, -0.05) is 19.1 Å². The van der Waals surface area contributed by atoms with E-state index < -0.39 is 0 Å². The molecule has 0 aliphatic rings. The SMILES string of the molecule is CCCN(CCN)c1cccc(C)c1. The van der Waals surface area contributed by atoms with Crippen LogP contribution < -0.4 is 10.6 Å². The minimum absolute atomic E-state index is 0.716. The molecule has 0 fully saturated rings. The monoisotopic (exact) mass is 192 g/mol. The van der Waals surface area contributed by atoms with Crippen molar-refractivity contribution >= 4 is 5.69 Å². The molecule has 0 aromatic heterocycles. The van der Waals surface area contributed by atoms with Crippen LogP contribution >= 0.6 is 0 Å². The minimum atomic E-state index is 0.716. The Labute approximate surface area is 86.7 Å². The Morgan fingerprint density at radius 1 is 1.29 bits per heavy atom. The van der Waals surface area contributed by atoms with Crippen LogP contribution in [0.1, 0.15) is 18.9 Å². The summed E-state index contributed by atoms with van der Waals surface area (Å²) in [4.78, 5) is 2.34. The van der Waals surface area contributed by atoms with Gasteiger partial charge in [0.25, 0.3) is 0 Å². The second-order valence-corrected chi connectivity index (χ2v) is 3.61. The highest BCUT2D eigenvalue weighted by Crippen LogP contribution is 2.15. The largest absolute Gasteiger partial charge is 0.370 e. The number of nitrogens with two attached hydrogens (primary N) is 1. The van der Waals surface area contributed by atoms with E-state index in [1.54, 1.807) is 0 Å². The summed E-state index contributed by atoms with van der Waals surface area (Å²) in [7, 11) is 0. The molecule has 2 N–H and O–H groups in total. The van der Waals surface area contributed by atoms with Crippen LogP contribution in [0.25, 0.3) is 0 Å². The fourth-order valence-corrected chi connectivity index (χ4v) is 1.62. The Balaban J connectivity index is 2.75. The van der Waals surface area contributed by atoms with Gasteiger partial charge in [-0.05, 0) is 31.0 Å². The number of aryl methyl sites for hydroxylation is 1. The van der Waals surface area contributed by atoms with Crippen molar-refractivity contribution in [3.63, 3.8) is 0 Å². The van der Waals surface area contributed by atoms with Crippen LogP contribution in [0, 0.1) is 6.92 Å². The molecule has 0 heterocycles. The average molecular weight is 192 g/mol. The van der Waals surface area contributed by atoms with Crippen molar-refractivity contribution < 1.29 is 0 Å². The van der Waals surface area contributed by atoms with Crippen molar-refractivity contribution in [3.05, 3.63) is 29.8 Å². The quantitative estimate of drug-likeness (QED) is 0.774. The van der Waals surface area contributed by atoms with E-state index >= 15 is 0 Å². The lowest BCUT2D eigenvalue weighted by Crippen LogP contribution is -2.30. The summed E-state index contributed by atoms with van der Waals surface area (Å²) >= 11 is 0. The number of nitrogens with zero attached hydrogens (tertiary/aromatic N) is 1. The lowest BCUT2D eigenvalue weighted by atomic mass is 10.2.